The lowest BCUT2D eigenvalue weighted by Crippen LogP contribution is -2.45. The molecule has 0 radical (unpaired) electrons. The van der Waals surface area contributed by atoms with Gasteiger partial charge in [-0.1, -0.05) is 13.3 Å². The molecule has 90 valence electrons. The molecule has 4 unspecified atom stereocenters. The van der Waals surface area contributed by atoms with E-state index in [1.165, 1.54) is 25.7 Å². The highest BCUT2D eigenvalue weighted by atomic mass is 16.2. The Hall–Kier alpha value is -0.570. The van der Waals surface area contributed by atoms with Crippen LogP contribution in [0.1, 0.15) is 32.6 Å². The van der Waals surface area contributed by atoms with Crippen LogP contribution in [0, 0.1) is 17.8 Å². The van der Waals surface area contributed by atoms with Gasteiger partial charge in [-0.2, -0.15) is 0 Å². The molecule has 3 rings (SSSR count). The highest BCUT2D eigenvalue weighted by molar-refractivity contribution is 5.83. The van der Waals surface area contributed by atoms with E-state index in [1.54, 1.807) is 0 Å². The number of rotatable bonds is 1. The van der Waals surface area contributed by atoms with Crippen molar-refractivity contribution >= 4 is 5.91 Å². The summed E-state index contributed by atoms with van der Waals surface area (Å²) < 4.78 is 0. The molecule has 16 heavy (non-hydrogen) atoms. The van der Waals surface area contributed by atoms with Crippen LogP contribution < -0.4 is 5.32 Å². The summed E-state index contributed by atoms with van der Waals surface area (Å²) >= 11 is 0. The van der Waals surface area contributed by atoms with Crippen LogP contribution in [0.2, 0.25) is 0 Å². The van der Waals surface area contributed by atoms with Gasteiger partial charge in [0.25, 0.3) is 0 Å². The van der Waals surface area contributed by atoms with Crippen molar-refractivity contribution < 1.29 is 4.79 Å². The van der Waals surface area contributed by atoms with Crippen LogP contribution in [0.3, 0.4) is 0 Å². The smallest absolute Gasteiger partial charge is 0.240 e. The predicted octanol–water partition coefficient (Wildman–Crippen LogP) is 1.24. The summed E-state index contributed by atoms with van der Waals surface area (Å²) in [4.78, 5) is 14.5. The highest BCUT2D eigenvalue weighted by Gasteiger charge is 2.44. The van der Waals surface area contributed by atoms with Gasteiger partial charge in [-0.3, -0.25) is 4.79 Å². The quantitative estimate of drug-likeness (QED) is 0.724. The highest BCUT2D eigenvalue weighted by Crippen LogP contribution is 2.38. The van der Waals surface area contributed by atoms with Gasteiger partial charge in [0, 0.05) is 13.1 Å². The van der Waals surface area contributed by atoms with Crippen LogP contribution in [-0.4, -0.2) is 36.5 Å². The number of fused-ring (bicyclic) bond motifs is 1. The van der Waals surface area contributed by atoms with E-state index >= 15 is 0 Å². The zero-order valence-corrected chi connectivity index (χ0v) is 10.1. The Morgan fingerprint density at radius 3 is 2.94 bits per heavy atom. The minimum Gasteiger partial charge on any atom is -0.341 e. The molecule has 2 saturated heterocycles. The van der Waals surface area contributed by atoms with Crippen molar-refractivity contribution in [2.45, 2.75) is 38.6 Å². The van der Waals surface area contributed by atoms with Crippen molar-refractivity contribution in [1.82, 2.24) is 10.2 Å². The topological polar surface area (TPSA) is 32.3 Å². The first-order valence-electron chi connectivity index (χ1n) is 6.78. The van der Waals surface area contributed by atoms with Crippen molar-refractivity contribution in [3.05, 3.63) is 0 Å². The van der Waals surface area contributed by atoms with E-state index in [-0.39, 0.29) is 6.04 Å². The average Bonchev–Trinajstić information content (AvgIpc) is 2.90. The summed E-state index contributed by atoms with van der Waals surface area (Å²) in [7, 11) is 0. The number of carbonyl (C=O) groups excluding carboxylic acids is 1. The molecule has 3 heteroatoms. The van der Waals surface area contributed by atoms with Crippen molar-refractivity contribution in [1.29, 1.82) is 0 Å². The Morgan fingerprint density at radius 1 is 1.31 bits per heavy atom. The summed E-state index contributed by atoms with van der Waals surface area (Å²) in [6, 6.07) is 0.151. The Bertz CT molecular complexity index is 292. The second kappa shape index (κ2) is 4.02. The molecule has 2 heterocycles. The van der Waals surface area contributed by atoms with Gasteiger partial charge in [0.1, 0.15) is 0 Å². The number of nitrogens with one attached hydrogen (secondary N) is 1. The van der Waals surface area contributed by atoms with Gasteiger partial charge in [-0.25, -0.2) is 0 Å². The van der Waals surface area contributed by atoms with Gasteiger partial charge in [-0.05, 0) is 43.6 Å². The van der Waals surface area contributed by atoms with Crippen LogP contribution >= 0.6 is 0 Å². The van der Waals surface area contributed by atoms with E-state index in [1.807, 2.05) is 0 Å². The molecule has 0 aromatic heterocycles. The summed E-state index contributed by atoms with van der Waals surface area (Å²) in [5.41, 5.74) is 0. The molecule has 3 aliphatic rings. The van der Waals surface area contributed by atoms with Crippen molar-refractivity contribution in [2.75, 3.05) is 19.6 Å². The molecule has 1 N–H and O–H groups in total. The van der Waals surface area contributed by atoms with E-state index in [9.17, 15) is 4.79 Å². The monoisotopic (exact) mass is 222 g/mol. The third-order valence-electron chi connectivity index (χ3n) is 4.75. The standard InChI is InChI=1S/C13H22N2O/c1-9-5-6-15(8-9)13(16)12-11-4-2-3-10(11)7-14-12/h9-12,14H,2-8H2,1H3. The summed E-state index contributed by atoms with van der Waals surface area (Å²) in [6.07, 6.45) is 5.11. The third kappa shape index (κ3) is 1.65. The fraction of sp³-hybridized carbons (Fsp3) is 0.923. The lowest BCUT2D eigenvalue weighted by molar-refractivity contribution is -0.133. The van der Waals surface area contributed by atoms with Crippen LogP contribution in [0.15, 0.2) is 0 Å². The van der Waals surface area contributed by atoms with E-state index < -0.39 is 0 Å². The maximum Gasteiger partial charge on any atom is 0.240 e. The summed E-state index contributed by atoms with van der Waals surface area (Å²) in [5, 5.41) is 3.46. The third-order valence-corrected chi connectivity index (χ3v) is 4.75. The molecule has 0 bridgehead atoms. The molecule has 3 fully saturated rings. The molecular weight excluding hydrogens is 200 g/mol. The Morgan fingerprint density at radius 2 is 2.19 bits per heavy atom. The minimum absolute atomic E-state index is 0.151. The zero-order chi connectivity index (χ0) is 11.1. The first-order valence-corrected chi connectivity index (χ1v) is 6.78. The number of hydrogen-bond donors (Lipinski definition) is 1. The fourth-order valence-corrected chi connectivity index (χ4v) is 3.79. The molecule has 4 atom stereocenters. The molecule has 0 spiro atoms. The van der Waals surface area contributed by atoms with Crippen LogP contribution in [0.5, 0.6) is 0 Å². The van der Waals surface area contributed by atoms with Crippen molar-refractivity contribution in [3.8, 4) is 0 Å². The molecule has 1 saturated carbocycles. The molecule has 1 aliphatic carbocycles. The van der Waals surface area contributed by atoms with Gasteiger partial charge >= 0.3 is 0 Å². The van der Waals surface area contributed by atoms with Crippen LogP contribution in [-0.2, 0) is 4.79 Å². The van der Waals surface area contributed by atoms with E-state index in [4.69, 9.17) is 0 Å². The molecule has 2 aliphatic heterocycles. The Kier molecular flexibility index (Phi) is 2.66. The first-order chi connectivity index (χ1) is 7.75. The second-order valence-electron chi connectivity index (χ2n) is 5.92. The van der Waals surface area contributed by atoms with Gasteiger partial charge in [-0.15, -0.1) is 0 Å². The van der Waals surface area contributed by atoms with E-state index in [2.05, 4.69) is 17.1 Å². The second-order valence-corrected chi connectivity index (χ2v) is 5.92. The predicted molar refractivity (Wildman–Crippen MR) is 63.0 cm³/mol. The zero-order valence-electron chi connectivity index (χ0n) is 10.1. The first kappa shape index (κ1) is 10.6. The SMILES string of the molecule is CC1CCN(C(=O)C2NCC3CCCC32)C1. The van der Waals surface area contributed by atoms with Gasteiger partial charge in [0.2, 0.25) is 5.91 Å². The van der Waals surface area contributed by atoms with Gasteiger partial charge in [0.15, 0.2) is 0 Å². The van der Waals surface area contributed by atoms with Crippen LogP contribution in [0.25, 0.3) is 0 Å². The van der Waals surface area contributed by atoms with Crippen LogP contribution in [0.4, 0.5) is 0 Å². The number of nitrogens with zero attached hydrogens (tertiary/aromatic N) is 1. The fourth-order valence-electron chi connectivity index (χ4n) is 3.79. The molecule has 0 aromatic rings. The van der Waals surface area contributed by atoms with E-state index in [0.717, 1.165) is 25.6 Å². The van der Waals surface area contributed by atoms with Crippen molar-refractivity contribution in [2.24, 2.45) is 17.8 Å². The maximum atomic E-state index is 12.4. The lowest BCUT2D eigenvalue weighted by Gasteiger charge is -2.24. The number of hydrogen-bond acceptors (Lipinski definition) is 2. The summed E-state index contributed by atoms with van der Waals surface area (Å²) in [5.74, 6) is 2.51. The van der Waals surface area contributed by atoms with Gasteiger partial charge < -0.3 is 10.2 Å². The largest absolute Gasteiger partial charge is 0.341 e. The number of carbonyl (C=O) groups is 1. The molecular formula is C13H22N2O. The van der Waals surface area contributed by atoms with Gasteiger partial charge in [0.05, 0.1) is 6.04 Å². The molecule has 0 aromatic carbocycles. The minimum atomic E-state index is 0.151. The normalized spacial score (nSPS) is 42.7. The summed E-state index contributed by atoms with van der Waals surface area (Å²) in [6.45, 7) is 5.28. The van der Waals surface area contributed by atoms with E-state index in [0.29, 0.717) is 17.7 Å². The Balaban J connectivity index is 1.66. The maximum absolute atomic E-state index is 12.4. The average molecular weight is 222 g/mol. The Labute approximate surface area is 97.6 Å². The van der Waals surface area contributed by atoms with Crippen molar-refractivity contribution in [3.63, 3.8) is 0 Å². The molecule has 3 nitrogen and oxygen atoms in total. The number of amides is 1. The lowest BCUT2D eigenvalue weighted by atomic mass is 9.93. The molecule has 1 amide bonds. The number of likely N-dealkylation sites (tertiary alicyclic amines) is 1.